The monoisotopic (exact) mass is 203 g/mol. The normalized spacial score (nSPS) is 26.4. The summed E-state index contributed by atoms with van der Waals surface area (Å²) in [5.41, 5.74) is 0. The molecule has 0 aliphatic carbocycles. The lowest BCUT2D eigenvalue weighted by Crippen LogP contribution is -2.51. The number of ether oxygens (including phenoxy) is 2. The quantitative estimate of drug-likeness (QED) is 0.688. The number of morpholine rings is 1. The highest BCUT2D eigenvalue weighted by molar-refractivity contribution is 4.79. The van der Waals surface area contributed by atoms with E-state index in [-0.39, 0.29) is 12.6 Å². The highest BCUT2D eigenvalue weighted by atomic mass is 16.5. The minimum Gasteiger partial charge on any atom is -0.395 e. The van der Waals surface area contributed by atoms with Crippen LogP contribution in [0.15, 0.2) is 0 Å². The van der Waals surface area contributed by atoms with Crippen LogP contribution in [0.2, 0.25) is 0 Å². The third-order valence-corrected chi connectivity index (χ3v) is 2.79. The van der Waals surface area contributed by atoms with Crippen LogP contribution in [0.5, 0.6) is 0 Å². The van der Waals surface area contributed by atoms with E-state index in [1.807, 2.05) is 0 Å². The number of rotatable bonds is 5. The Labute approximate surface area is 85.8 Å². The van der Waals surface area contributed by atoms with Crippen molar-refractivity contribution in [2.24, 2.45) is 0 Å². The Bertz CT molecular complexity index is 154. The maximum atomic E-state index is 9.18. The van der Waals surface area contributed by atoms with E-state index >= 15 is 0 Å². The van der Waals surface area contributed by atoms with Gasteiger partial charge in [0.05, 0.1) is 25.9 Å². The molecule has 1 N–H and O–H groups in total. The zero-order chi connectivity index (χ0) is 10.4. The second-order valence-electron chi connectivity index (χ2n) is 3.78. The van der Waals surface area contributed by atoms with Crippen molar-refractivity contribution in [3.8, 4) is 0 Å². The third kappa shape index (κ3) is 3.20. The molecule has 0 aromatic carbocycles. The first-order valence-corrected chi connectivity index (χ1v) is 5.23. The number of hydrogen-bond donors (Lipinski definition) is 1. The predicted octanol–water partition coefficient (Wildman–Crippen LogP) is 0.104. The Kier molecular flexibility index (Phi) is 5.40. The summed E-state index contributed by atoms with van der Waals surface area (Å²) in [5, 5.41) is 9.18. The van der Waals surface area contributed by atoms with E-state index in [4.69, 9.17) is 9.47 Å². The number of aliphatic hydroxyl groups excluding tert-OH is 1. The second-order valence-corrected chi connectivity index (χ2v) is 3.78. The minimum atomic E-state index is 0.163. The first-order chi connectivity index (χ1) is 6.79. The largest absolute Gasteiger partial charge is 0.395 e. The van der Waals surface area contributed by atoms with E-state index in [0.29, 0.717) is 12.6 Å². The summed E-state index contributed by atoms with van der Waals surface area (Å²) in [6.45, 7) is 5.46. The topological polar surface area (TPSA) is 41.9 Å². The molecular weight excluding hydrogens is 182 g/mol. The zero-order valence-corrected chi connectivity index (χ0v) is 9.11. The summed E-state index contributed by atoms with van der Waals surface area (Å²) in [5.74, 6) is 0. The molecule has 14 heavy (non-hydrogen) atoms. The van der Waals surface area contributed by atoms with Crippen LogP contribution in [0.3, 0.4) is 0 Å². The summed E-state index contributed by atoms with van der Waals surface area (Å²) in [6.07, 6.45) is 1.01. The van der Waals surface area contributed by atoms with Crippen LogP contribution in [0.25, 0.3) is 0 Å². The molecule has 0 radical (unpaired) electrons. The van der Waals surface area contributed by atoms with Crippen molar-refractivity contribution in [2.75, 3.05) is 40.1 Å². The van der Waals surface area contributed by atoms with E-state index < -0.39 is 0 Å². The standard InChI is InChI=1S/C10H21NO3/c1-9(3-5-13-2)11-4-6-14-8-10(11)7-12/h9-10,12H,3-8H2,1-2H3. The van der Waals surface area contributed by atoms with Gasteiger partial charge in [-0.3, -0.25) is 4.90 Å². The summed E-state index contributed by atoms with van der Waals surface area (Å²) in [7, 11) is 1.72. The van der Waals surface area contributed by atoms with Gasteiger partial charge in [-0.15, -0.1) is 0 Å². The zero-order valence-electron chi connectivity index (χ0n) is 9.11. The minimum absolute atomic E-state index is 0.163. The Hall–Kier alpha value is -0.160. The van der Waals surface area contributed by atoms with E-state index in [9.17, 15) is 5.11 Å². The molecule has 4 nitrogen and oxygen atoms in total. The van der Waals surface area contributed by atoms with Crippen LogP contribution < -0.4 is 0 Å². The van der Waals surface area contributed by atoms with E-state index in [1.165, 1.54) is 0 Å². The van der Waals surface area contributed by atoms with E-state index in [2.05, 4.69) is 11.8 Å². The molecule has 0 spiro atoms. The van der Waals surface area contributed by atoms with Crippen molar-refractivity contribution >= 4 is 0 Å². The van der Waals surface area contributed by atoms with Gasteiger partial charge >= 0.3 is 0 Å². The maximum absolute atomic E-state index is 9.18. The average Bonchev–Trinajstić information content (AvgIpc) is 2.25. The number of aliphatic hydroxyl groups is 1. The van der Waals surface area contributed by atoms with Crippen LogP contribution in [0.4, 0.5) is 0 Å². The van der Waals surface area contributed by atoms with Gasteiger partial charge in [0.1, 0.15) is 0 Å². The molecule has 84 valence electrons. The molecule has 2 unspecified atom stereocenters. The van der Waals surface area contributed by atoms with Crippen molar-refractivity contribution in [1.29, 1.82) is 0 Å². The van der Waals surface area contributed by atoms with Gasteiger partial charge < -0.3 is 14.6 Å². The summed E-state index contributed by atoms with van der Waals surface area (Å²) in [6, 6.07) is 0.617. The highest BCUT2D eigenvalue weighted by Crippen LogP contribution is 2.13. The van der Waals surface area contributed by atoms with Gasteiger partial charge in [0, 0.05) is 26.3 Å². The fourth-order valence-electron chi connectivity index (χ4n) is 1.86. The Morgan fingerprint density at radius 3 is 3.07 bits per heavy atom. The van der Waals surface area contributed by atoms with Crippen LogP contribution in [0, 0.1) is 0 Å². The lowest BCUT2D eigenvalue weighted by atomic mass is 10.1. The molecule has 2 atom stereocenters. The molecular formula is C10H21NO3. The van der Waals surface area contributed by atoms with Crippen LogP contribution in [-0.2, 0) is 9.47 Å². The smallest absolute Gasteiger partial charge is 0.0644 e. The molecule has 4 heteroatoms. The molecule has 1 rings (SSSR count). The predicted molar refractivity (Wildman–Crippen MR) is 54.4 cm³/mol. The fraction of sp³-hybridized carbons (Fsp3) is 1.00. The molecule has 1 aliphatic heterocycles. The second kappa shape index (κ2) is 6.35. The van der Waals surface area contributed by atoms with Crippen molar-refractivity contribution in [3.63, 3.8) is 0 Å². The van der Waals surface area contributed by atoms with Crippen LogP contribution in [0.1, 0.15) is 13.3 Å². The Balaban J connectivity index is 2.37. The van der Waals surface area contributed by atoms with Gasteiger partial charge in [0.2, 0.25) is 0 Å². The molecule has 1 aliphatic rings. The van der Waals surface area contributed by atoms with Crippen molar-refractivity contribution in [1.82, 2.24) is 4.90 Å². The molecule has 0 aromatic rings. The summed E-state index contributed by atoms with van der Waals surface area (Å²) >= 11 is 0. The molecule has 1 fully saturated rings. The van der Waals surface area contributed by atoms with Gasteiger partial charge in [0.25, 0.3) is 0 Å². The Morgan fingerprint density at radius 2 is 2.43 bits per heavy atom. The molecule has 1 heterocycles. The van der Waals surface area contributed by atoms with E-state index in [1.54, 1.807) is 7.11 Å². The van der Waals surface area contributed by atoms with Gasteiger partial charge in [-0.25, -0.2) is 0 Å². The molecule has 0 amide bonds. The van der Waals surface area contributed by atoms with Gasteiger partial charge in [-0.2, -0.15) is 0 Å². The van der Waals surface area contributed by atoms with Gasteiger partial charge in [-0.1, -0.05) is 0 Å². The maximum Gasteiger partial charge on any atom is 0.0644 e. The van der Waals surface area contributed by atoms with E-state index in [0.717, 1.165) is 26.2 Å². The van der Waals surface area contributed by atoms with Crippen molar-refractivity contribution < 1.29 is 14.6 Å². The first-order valence-electron chi connectivity index (χ1n) is 5.23. The van der Waals surface area contributed by atoms with Crippen LogP contribution in [-0.4, -0.2) is 62.2 Å². The summed E-state index contributed by atoms with van der Waals surface area (Å²) < 4.78 is 10.4. The van der Waals surface area contributed by atoms with Gasteiger partial charge in [0.15, 0.2) is 0 Å². The third-order valence-electron chi connectivity index (χ3n) is 2.79. The Morgan fingerprint density at radius 1 is 1.64 bits per heavy atom. The fourth-order valence-corrected chi connectivity index (χ4v) is 1.86. The molecule has 1 saturated heterocycles. The molecule has 0 saturated carbocycles. The highest BCUT2D eigenvalue weighted by Gasteiger charge is 2.25. The van der Waals surface area contributed by atoms with Crippen molar-refractivity contribution in [3.05, 3.63) is 0 Å². The van der Waals surface area contributed by atoms with Gasteiger partial charge in [-0.05, 0) is 13.3 Å². The average molecular weight is 203 g/mol. The lowest BCUT2D eigenvalue weighted by molar-refractivity contribution is -0.0481. The molecule has 0 aromatic heterocycles. The lowest BCUT2D eigenvalue weighted by Gasteiger charge is -2.38. The van der Waals surface area contributed by atoms with Crippen LogP contribution >= 0.6 is 0 Å². The number of nitrogens with zero attached hydrogens (tertiary/aromatic N) is 1. The SMILES string of the molecule is COCCC(C)N1CCOCC1CO. The van der Waals surface area contributed by atoms with Crippen molar-refractivity contribution in [2.45, 2.75) is 25.4 Å². The summed E-state index contributed by atoms with van der Waals surface area (Å²) in [4.78, 5) is 2.31. The molecule has 0 bridgehead atoms. The number of hydrogen-bond acceptors (Lipinski definition) is 4. The number of methoxy groups -OCH3 is 1. The first kappa shape index (κ1) is 11.9.